The van der Waals surface area contributed by atoms with Gasteiger partial charge >= 0.3 is 5.97 Å². The minimum atomic E-state index is -0.724. The molecule has 0 spiro atoms. The number of amides is 1. The van der Waals surface area contributed by atoms with Gasteiger partial charge in [-0.3, -0.25) is 4.79 Å². The topological polar surface area (TPSA) is 55.4 Å². The van der Waals surface area contributed by atoms with Crippen LogP contribution >= 0.6 is 0 Å². The van der Waals surface area contributed by atoms with Gasteiger partial charge in [-0.05, 0) is 56.5 Å². The van der Waals surface area contributed by atoms with Crippen LogP contribution in [0, 0.1) is 27.7 Å². The summed E-state index contributed by atoms with van der Waals surface area (Å²) in [5.41, 5.74) is 5.81. The van der Waals surface area contributed by atoms with Crippen LogP contribution in [0.1, 0.15) is 38.2 Å². The quantitative estimate of drug-likeness (QED) is 0.849. The molecule has 0 unspecified atom stereocenters. The van der Waals surface area contributed by atoms with Gasteiger partial charge in [0.2, 0.25) is 0 Å². The first-order valence-electron chi connectivity index (χ1n) is 8.34. The van der Waals surface area contributed by atoms with E-state index in [0.717, 1.165) is 27.8 Å². The third-order valence-electron chi connectivity index (χ3n) is 4.33. The molecule has 0 aliphatic carbocycles. The van der Waals surface area contributed by atoms with Gasteiger partial charge in [-0.1, -0.05) is 35.4 Å². The maximum Gasteiger partial charge on any atom is 0.328 e. The predicted octanol–water partition coefficient (Wildman–Crippen LogP) is 3.43. The van der Waals surface area contributed by atoms with E-state index < -0.39 is 12.0 Å². The highest BCUT2D eigenvalue weighted by Gasteiger charge is 2.24. The lowest BCUT2D eigenvalue weighted by molar-refractivity contribution is -0.142. The van der Waals surface area contributed by atoms with Gasteiger partial charge in [0.25, 0.3) is 5.91 Å². The Balaban J connectivity index is 2.26. The van der Waals surface area contributed by atoms with Crippen LogP contribution < -0.4 is 5.32 Å². The second-order valence-corrected chi connectivity index (χ2v) is 6.50. The second kappa shape index (κ2) is 7.97. The molecule has 25 heavy (non-hydrogen) atoms. The molecule has 2 aromatic carbocycles. The summed E-state index contributed by atoms with van der Waals surface area (Å²) in [4.78, 5) is 24.8. The number of benzene rings is 2. The highest BCUT2D eigenvalue weighted by atomic mass is 16.5. The van der Waals surface area contributed by atoms with Crippen LogP contribution in [0.15, 0.2) is 36.4 Å². The van der Waals surface area contributed by atoms with E-state index in [2.05, 4.69) is 5.32 Å². The first kappa shape index (κ1) is 18.7. The highest BCUT2D eigenvalue weighted by molar-refractivity contribution is 5.97. The molecule has 0 fully saturated rings. The molecule has 0 aromatic heterocycles. The predicted molar refractivity (Wildman–Crippen MR) is 98.8 cm³/mol. The summed E-state index contributed by atoms with van der Waals surface area (Å²) in [7, 11) is 1.34. The molecular weight excluding hydrogens is 314 g/mol. The lowest BCUT2D eigenvalue weighted by Crippen LogP contribution is -2.43. The maximum atomic E-state index is 12.6. The monoisotopic (exact) mass is 339 g/mol. The fourth-order valence-electron chi connectivity index (χ4n) is 3.06. The number of aryl methyl sites for hydroxylation is 4. The summed E-state index contributed by atoms with van der Waals surface area (Å²) < 4.78 is 4.89. The molecule has 4 nitrogen and oxygen atoms in total. The van der Waals surface area contributed by atoms with Crippen molar-refractivity contribution in [3.8, 4) is 0 Å². The van der Waals surface area contributed by atoms with Crippen molar-refractivity contribution in [2.45, 2.75) is 40.2 Å². The van der Waals surface area contributed by atoms with E-state index in [-0.39, 0.29) is 5.91 Å². The van der Waals surface area contributed by atoms with Crippen LogP contribution in [0.4, 0.5) is 0 Å². The number of methoxy groups -OCH3 is 1. The number of esters is 1. The first-order chi connectivity index (χ1) is 11.8. The number of rotatable bonds is 5. The van der Waals surface area contributed by atoms with Gasteiger partial charge < -0.3 is 10.1 Å². The highest BCUT2D eigenvalue weighted by Crippen LogP contribution is 2.16. The van der Waals surface area contributed by atoms with E-state index in [1.165, 1.54) is 7.11 Å². The van der Waals surface area contributed by atoms with Gasteiger partial charge in [0.15, 0.2) is 0 Å². The van der Waals surface area contributed by atoms with E-state index >= 15 is 0 Å². The van der Waals surface area contributed by atoms with Crippen LogP contribution in [0.25, 0.3) is 0 Å². The third-order valence-corrected chi connectivity index (χ3v) is 4.33. The van der Waals surface area contributed by atoms with Crippen LogP contribution in [-0.2, 0) is 16.0 Å². The van der Waals surface area contributed by atoms with Gasteiger partial charge in [-0.15, -0.1) is 0 Å². The largest absolute Gasteiger partial charge is 0.467 e. The van der Waals surface area contributed by atoms with Crippen molar-refractivity contribution in [1.29, 1.82) is 0 Å². The summed E-state index contributed by atoms with van der Waals surface area (Å²) >= 11 is 0. The van der Waals surface area contributed by atoms with Crippen LogP contribution in [0.3, 0.4) is 0 Å². The Morgan fingerprint density at radius 3 is 2.08 bits per heavy atom. The molecule has 1 amide bonds. The Morgan fingerprint density at radius 1 is 1.00 bits per heavy atom. The summed E-state index contributed by atoms with van der Waals surface area (Å²) in [6.07, 6.45) is 0.404. The number of carbonyl (C=O) groups excluding carboxylic acids is 2. The Kier molecular flexibility index (Phi) is 5.97. The molecule has 0 radical (unpaired) electrons. The van der Waals surface area contributed by atoms with Crippen LogP contribution in [0.5, 0.6) is 0 Å². The molecule has 1 atom stereocenters. The summed E-state index contributed by atoms with van der Waals surface area (Å²) in [6, 6.07) is 10.9. The molecule has 4 heteroatoms. The summed E-state index contributed by atoms with van der Waals surface area (Å²) in [6.45, 7) is 7.89. The number of ether oxygens (including phenoxy) is 1. The van der Waals surface area contributed by atoms with Crippen molar-refractivity contribution in [3.05, 3.63) is 69.8 Å². The summed E-state index contributed by atoms with van der Waals surface area (Å²) in [5, 5.41) is 2.83. The number of carbonyl (C=O) groups is 2. The Hall–Kier alpha value is -2.62. The molecule has 0 aliphatic heterocycles. The lowest BCUT2D eigenvalue weighted by Gasteiger charge is -2.19. The standard InChI is InChI=1S/C21H25NO3/c1-13-9-14(2)11-17(10-13)20(23)22-19(21(24)25-5)12-18-15(3)7-6-8-16(18)4/h6-11,19H,12H2,1-5H3,(H,22,23)/t19-/m0/s1. The molecule has 2 aromatic rings. The average Bonchev–Trinajstić information content (AvgIpc) is 2.55. The van der Waals surface area contributed by atoms with Gasteiger partial charge in [0, 0.05) is 12.0 Å². The molecule has 0 heterocycles. The fraction of sp³-hybridized carbons (Fsp3) is 0.333. The molecule has 1 N–H and O–H groups in total. The summed E-state index contributed by atoms with van der Waals surface area (Å²) in [5.74, 6) is -0.714. The van der Waals surface area contributed by atoms with E-state index in [4.69, 9.17) is 4.74 Å². The molecule has 0 aliphatic rings. The Labute approximate surface area is 149 Å². The van der Waals surface area contributed by atoms with E-state index in [1.807, 2.05) is 64.1 Å². The Bertz CT molecular complexity index is 755. The molecule has 132 valence electrons. The zero-order valence-electron chi connectivity index (χ0n) is 15.5. The van der Waals surface area contributed by atoms with Crippen molar-refractivity contribution < 1.29 is 14.3 Å². The number of hydrogen-bond acceptors (Lipinski definition) is 3. The SMILES string of the molecule is COC(=O)[C@H](Cc1c(C)cccc1C)NC(=O)c1cc(C)cc(C)c1. The number of nitrogens with one attached hydrogen (secondary N) is 1. The normalized spacial score (nSPS) is 11.7. The minimum Gasteiger partial charge on any atom is -0.467 e. The molecule has 2 rings (SSSR count). The van der Waals surface area contributed by atoms with E-state index in [0.29, 0.717) is 12.0 Å². The Morgan fingerprint density at radius 2 is 1.56 bits per heavy atom. The molecule has 0 saturated heterocycles. The van der Waals surface area contributed by atoms with Gasteiger partial charge in [-0.2, -0.15) is 0 Å². The second-order valence-electron chi connectivity index (χ2n) is 6.50. The van der Waals surface area contributed by atoms with Gasteiger partial charge in [0.05, 0.1) is 7.11 Å². The fourth-order valence-corrected chi connectivity index (χ4v) is 3.06. The van der Waals surface area contributed by atoms with Crippen molar-refractivity contribution in [3.63, 3.8) is 0 Å². The zero-order chi connectivity index (χ0) is 18.6. The smallest absolute Gasteiger partial charge is 0.328 e. The minimum absolute atomic E-state index is 0.270. The van der Waals surface area contributed by atoms with Crippen molar-refractivity contribution in [2.24, 2.45) is 0 Å². The van der Waals surface area contributed by atoms with E-state index in [9.17, 15) is 9.59 Å². The van der Waals surface area contributed by atoms with Gasteiger partial charge in [-0.25, -0.2) is 4.79 Å². The van der Waals surface area contributed by atoms with Crippen molar-refractivity contribution >= 4 is 11.9 Å². The average molecular weight is 339 g/mol. The van der Waals surface area contributed by atoms with Gasteiger partial charge in [0.1, 0.15) is 6.04 Å². The lowest BCUT2D eigenvalue weighted by atomic mass is 9.96. The zero-order valence-corrected chi connectivity index (χ0v) is 15.5. The van der Waals surface area contributed by atoms with Crippen molar-refractivity contribution in [1.82, 2.24) is 5.32 Å². The van der Waals surface area contributed by atoms with E-state index in [1.54, 1.807) is 0 Å². The number of hydrogen-bond donors (Lipinski definition) is 1. The molecule has 0 bridgehead atoms. The van der Waals surface area contributed by atoms with Crippen LogP contribution in [0.2, 0.25) is 0 Å². The first-order valence-corrected chi connectivity index (χ1v) is 8.34. The molecule has 0 saturated carbocycles. The van der Waals surface area contributed by atoms with Crippen LogP contribution in [-0.4, -0.2) is 25.0 Å². The molecular formula is C21H25NO3. The maximum absolute atomic E-state index is 12.6. The van der Waals surface area contributed by atoms with Crippen molar-refractivity contribution in [2.75, 3.05) is 7.11 Å². The third kappa shape index (κ3) is 4.69.